The molecule has 0 amide bonds. The fourth-order valence-electron chi connectivity index (χ4n) is 5.06. The number of hydrogen-bond donors (Lipinski definition) is 3. The maximum Gasteiger partial charge on any atom is 0.472 e. The molecule has 0 saturated heterocycles. The zero-order valence-electron chi connectivity index (χ0n) is 31.8. The molecule has 0 aliphatic carbocycles. The molecule has 1 unspecified atom stereocenters. The molecule has 3 atom stereocenters. The number of aliphatic hydroxyl groups is 2. The van der Waals surface area contributed by atoms with Crippen molar-refractivity contribution in [1.29, 1.82) is 0 Å². The van der Waals surface area contributed by atoms with Gasteiger partial charge in [-0.2, -0.15) is 0 Å². The fourth-order valence-corrected chi connectivity index (χ4v) is 5.85. The van der Waals surface area contributed by atoms with E-state index in [2.05, 4.69) is 30.5 Å². The molecule has 11 heteroatoms. The Hall–Kier alpha value is -2.07. The lowest BCUT2D eigenvalue weighted by Gasteiger charge is -2.20. The lowest BCUT2D eigenvalue weighted by Crippen LogP contribution is -2.29. The van der Waals surface area contributed by atoms with E-state index in [0.717, 1.165) is 57.8 Å². The van der Waals surface area contributed by atoms with Crippen LogP contribution in [0.1, 0.15) is 155 Å². The number of esters is 2. The van der Waals surface area contributed by atoms with Gasteiger partial charge in [0.25, 0.3) is 0 Å². The van der Waals surface area contributed by atoms with Gasteiger partial charge in [0.05, 0.1) is 19.8 Å². The van der Waals surface area contributed by atoms with Crippen molar-refractivity contribution in [2.24, 2.45) is 0 Å². The van der Waals surface area contributed by atoms with Crippen molar-refractivity contribution in [1.82, 2.24) is 0 Å². The number of carbonyl (C=O) groups is 2. The van der Waals surface area contributed by atoms with Gasteiger partial charge >= 0.3 is 19.8 Å². The Balaban J connectivity index is 4.39. The third-order valence-corrected chi connectivity index (χ3v) is 9.04. The molecular formula is C40H71O10P. The van der Waals surface area contributed by atoms with Crippen LogP contribution < -0.4 is 0 Å². The topological polar surface area (TPSA) is 149 Å². The van der Waals surface area contributed by atoms with E-state index in [1.54, 1.807) is 0 Å². The summed E-state index contributed by atoms with van der Waals surface area (Å²) < 4.78 is 32.6. The van der Waals surface area contributed by atoms with Crippen molar-refractivity contribution < 1.29 is 47.8 Å². The third-order valence-electron chi connectivity index (χ3n) is 8.09. The van der Waals surface area contributed by atoms with E-state index in [1.807, 2.05) is 36.5 Å². The zero-order chi connectivity index (χ0) is 37.7. The minimum atomic E-state index is -4.62. The largest absolute Gasteiger partial charge is 0.472 e. The second-order valence-corrected chi connectivity index (χ2v) is 14.5. The Morgan fingerprint density at radius 2 is 1.08 bits per heavy atom. The molecule has 10 nitrogen and oxygen atoms in total. The van der Waals surface area contributed by atoms with Gasteiger partial charge in [-0.1, -0.05) is 159 Å². The molecule has 0 saturated carbocycles. The van der Waals surface area contributed by atoms with Crippen molar-refractivity contribution in [2.75, 3.05) is 26.4 Å². The first-order valence-electron chi connectivity index (χ1n) is 19.6. The molecule has 3 N–H and O–H groups in total. The number of hydrogen-bond acceptors (Lipinski definition) is 9. The molecule has 0 bridgehead atoms. The van der Waals surface area contributed by atoms with Crippen LogP contribution in [0.3, 0.4) is 0 Å². The number of phosphoric acid groups is 1. The van der Waals surface area contributed by atoms with E-state index < -0.39 is 51.8 Å². The van der Waals surface area contributed by atoms with Crippen LogP contribution in [-0.4, -0.2) is 65.7 Å². The highest BCUT2D eigenvalue weighted by Gasteiger charge is 2.27. The normalized spacial score (nSPS) is 14.5. The van der Waals surface area contributed by atoms with Crippen molar-refractivity contribution >= 4 is 19.8 Å². The highest BCUT2D eigenvalue weighted by Crippen LogP contribution is 2.43. The summed E-state index contributed by atoms with van der Waals surface area (Å²) >= 11 is 0. The van der Waals surface area contributed by atoms with Gasteiger partial charge in [-0.05, 0) is 32.1 Å². The Kier molecular flexibility index (Phi) is 34.8. The van der Waals surface area contributed by atoms with Gasteiger partial charge in [0.15, 0.2) is 6.10 Å². The molecule has 0 radical (unpaired) electrons. The van der Waals surface area contributed by atoms with Gasteiger partial charge in [-0.15, -0.1) is 0 Å². The molecule has 0 heterocycles. The zero-order valence-corrected chi connectivity index (χ0v) is 32.7. The van der Waals surface area contributed by atoms with Crippen molar-refractivity contribution in [3.05, 3.63) is 48.6 Å². The fraction of sp³-hybridized carbons (Fsp3) is 0.750. The Bertz CT molecular complexity index is 994. The SMILES string of the molecule is CC/C=C/C=C/C=C/C=C/CCCCCCCC(=O)OC[C@H](COP(=O)(O)OC[C@@H](O)CO)OC(=O)CCCCCCCCCCCCCCC. The monoisotopic (exact) mass is 742 g/mol. The minimum Gasteiger partial charge on any atom is -0.462 e. The number of ether oxygens (including phenoxy) is 2. The lowest BCUT2D eigenvalue weighted by atomic mass is 10.0. The molecular weight excluding hydrogens is 671 g/mol. The molecule has 0 fully saturated rings. The Morgan fingerprint density at radius 3 is 1.63 bits per heavy atom. The Labute approximate surface area is 309 Å². The van der Waals surface area contributed by atoms with Crippen LogP contribution in [0.2, 0.25) is 0 Å². The van der Waals surface area contributed by atoms with E-state index >= 15 is 0 Å². The van der Waals surface area contributed by atoms with Crippen LogP contribution in [0.25, 0.3) is 0 Å². The van der Waals surface area contributed by atoms with Crippen LogP contribution in [-0.2, 0) is 32.7 Å². The molecule has 0 spiro atoms. The van der Waals surface area contributed by atoms with Gasteiger partial charge < -0.3 is 24.6 Å². The number of allylic oxidation sites excluding steroid dienone is 8. The molecule has 51 heavy (non-hydrogen) atoms. The summed E-state index contributed by atoms with van der Waals surface area (Å²) in [6, 6.07) is 0. The molecule has 0 aliphatic rings. The molecule has 0 aromatic rings. The average Bonchev–Trinajstić information content (AvgIpc) is 3.12. The summed E-state index contributed by atoms with van der Waals surface area (Å²) in [6.07, 6.45) is 36.5. The number of unbranched alkanes of at least 4 members (excludes halogenated alkanes) is 17. The van der Waals surface area contributed by atoms with Crippen LogP contribution >= 0.6 is 7.82 Å². The maximum absolute atomic E-state index is 12.6. The molecule has 0 rings (SSSR count). The molecule has 0 aliphatic heterocycles. The van der Waals surface area contributed by atoms with Crippen LogP contribution in [0.4, 0.5) is 0 Å². The summed E-state index contributed by atoms with van der Waals surface area (Å²) in [5.41, 5.74) is 0. The first-order chi connectivity index (χ1) is 24.7. The minimum absolute atomic E-state index is 0.180. The third kappa shape index (κ3) is 36.1. The Morgan fingerprint density at radius 1 is 0.608 bits per heavy atom. The predicted molar refractivity (Wildman–Crippen MR) is 205 cm³/mol. The highest BCUT2D eigenvalue weighted by molar-refractivity contribution is 7.47. The number of rotatable bonds is 36. The molecule has 296 valence electrons. The highest BCUT2D eigenvalue weighted by atomic mass is 31.2. The summed E-state index contributed by atoms with van der Waals surface area (Å²) in [5.74, 6) is -0.953. The van der Waals surface area contributed by atoms with Gasteiger partial charge in [0.1, 0.15) is 12.7 Å². The van der Waals surface area contributed by atoms with E-state index in [9.17, 15) is 24.2 Å². The van der Waals surface area contributed by atoms with Crippen molar-refractivity contribution in [2.45, 2.75) is 167 Å². The summed E-state index contributed by atoms with van der Waals surface area (Å²) in [7, 11) is -4.62. The van der Waals surface area contributed by atoms with E-state index in [-0.39, 0.29) is 19.4 Å². The van der Waals surface area contributed by atoms with Gasteiger partial charge in [0, 0.05) is 12.8 Å². The first-order valence-corrected chi connectivity index (χ1v) is 21.1. The van der Waals surface area contributed by atoms with E-state index in [4.69, 9.17) is 19.1 Å². The first kappa shape index (κ1) is 48.9. The smallest absolute Gasteiger partial charge is 0.462 e. The van der Waals surface area contributed by atoms with Gasteiger partial charge in [-0.3, -0.25) is 18.6 Å². The average molecular weight is 743 g/mol. The molecule has 0 aromatic heterocycles. The number of aliphatic hydroxyl groups excluding tert-OH is 2. The maximum atomic E-state index is 12.6. The molecule has 0 aromatic carbocycles. The standard InChI is InChI=1S/C40H71O10P/c1-3-5-7-9-11-13-15-17-18-20-21-23-25-27-29-31-39(43)47-35-38(36-49-51(45,46)48-34-37(42)33-41)50-40(44)32-30-28-26-24-22-19-16-14-12-10-8-6-4-2/h5,7,9,11,13,15,17-18,37-38,41-42H,3-4,6,8,10,12,14,16,19-36H2,1-2H3,(H,45,46)/b7-5+,11-9+,15-13+,18-17+/t37-,38+/m0/s1. The van der Waals surface area contributed by atoms with Crippen LogP contribution in [0.5, 0.6) is 0 Å². The van der Waals surface area contributed by atoms with Crippen molar-refractivity contribution in [3.8, 4) is 0 Å². The second-order valence-electron chi connectivity index (χ2n) is 13.0. The number of carbonyl (C=O) groups excluding carboxylic acids is 2. The number of phosphoric ester groups is 1. The van der Waals surface area contributed by atoms with Crippen LogP contribution in [0, 0.1) is 0 Å². The van der Waals surface area contributed by atoms with Crippen LogP contribution in [0.15, 0.2) is 48.6 Å². The summed E-state index contributed by atoms with van der Waals surface area (Å²) in [4.78, 5) is 34.8. The van der Waals surface area contributed by atoms with Gasteiger partial charge in [-0.25, -0.2) is 4.57 Å². The predicted octanol–water partition coefficient (Wildman–Crippen LogP) is 9.78. The van der Waals surface area contributed by atoms with Crippen molar-refractivity contribution in [3.63, 3.8) is 0 Å². The van der Waals surface area contributed by atoms with E-state index in [0.29, 0.717) is 12.8 Å². The second kappa shape index (κ2) is 36.3. The summed E-state index contributed by atoms with van der Waals surface area (Å²) in [5, 5.41) is 18.3. The van der Waals surface area contributed by atoms with Gasteiger partial charge in [0.2, 0.25) is 0 Å². The summed E-state index contributed by atoms with van der Waals surface area (Å²) in [6.45, 7) is 2.20. The quantitative estimate of drug-likeness (QED) is 0.0245. The van der Waals surface area contributed by atoms with E-state index in [1.165, 1.54) is 57.8 Å². The lowest BCUT2D eigenvalue weighted by molar-refractivity contribution is -0.161.